The molecule has 0 amide bonds. The van der Waals surface area contributed by atoms with Crippen molar-refractivity contribution in [3.63, 3.8) is 0 Å². The van der Waals surface area contributed by atoms with Crippen molar-refractivity contribution in [2.45, 2.75) is 39.3 Å². The Labute approximate surface area is 138 Å². The van der Waals surface area contributed by atoms with Gasteiger partial charge < -0.3 is 10.1 Å². The second-order valence-corrected chi connectivity index (χ2v) is 5.75. The predicted molar refractivity (Wildman–Crippen MR) is 93.6 cm³/mol. The minimum Gasteiger partial charge on any atom is -0.494 e. The topological polar surface area (TPSA) is 21.3 Å². The number of benzene rings is 2. The summed E-state index contributed by atoms with van der Waals surface area (Å²) in [7, 11) is 0. The smallest absolute Gasteiger partial charge is 0.123 e. The molecule has 2 nitrogen and oxygen atoms in total. The number of hydrogen-bond acceptors (Lipinski definition) is 2. The molecule has 1 N–H and O–H groups in total. The van der Waals surface area contributed by atoms with Crippen LogP contribution in [-0.2, 0) is 6.54 Å². The Hall–Kier alpha value is -1.51. The van der Waals surface area contributed by atoms with Gasteiger partial charge in [0.15, 0.2) is 0 Å². The molecule has 2 aromatic rings. The van der Waals surface area contributed by atoms with Crippen LogP contribution in [-0.4, -0.2) is 6.61 Å². The zero-order valence-electron chi connectivity index (χ0n) is 13.3. The van der Waals surface area contributed by atoms with Gasteiger partial charge in [0, 0.05) is 23.2 Å². The summed E-state index contributed by atoms with van der Waals surface area (Å²) in [4.78, 5) is 0. The first-order chi connectivity index (χ1) is 10.7. The summed E-state index contributed by atoms with van der Waals surface area (Å²) in [5.74, 6) is 0.905. The highest BCUT2D eigenvalue weighted by molar-refractivity contribution is 6.30. The number of rotatable bonds is 8. The highest BCUT2D eigenvalue weighted by Crippen LogP contribution is 2.25. The molecular weight excluding hydrogens is 294 g/mol. The van der Waals surface area contributed by atoms with Gasteiger partial charge in [0.05, 0.1) is 6.61 Å². The molecule has 0 aromatic heterocycles. The highest BCUT2D eigenvalue weighted by Gasteiger charge is 2.11. The largest absolute Gasteiger partial charge is 0.494 e. The maximum Gasteiger partial charge on any atom is 0.123 e. The molecule has 0 aliphatic carbocycles. The first-order valence-corrected chi connectivity index (χ1v) is 8.32. The fourth-order valence-corrected chi connectivity index (χ4v) is 2.77. The van der Waals surface area contributed by atoms with E-state index in [4.69, 9.17) is 16.3 Å². The van der Waals surface area contributed by atoms with E-state index in [0.29, 0.717) is 12.6 Å². The lowest BCUT2D eigenvalue weighted by molar-refractivity contribution is 0.334. The molecule has 22 heavy (non-hydrogen) atoms. The third-order valence-electron chi connectivity index (χ3n) is 3.64. The van der Waals surface area contributed by atoms with Gasteiger partial charge in [-0.2, -0.15) is 0 Å². The van der Waals surface area contributed by atoms with Crippen LogP contribution in [0.3, 0.4) is 0 Å². The van der Waals surface area contributed by atoms with E-state index in [-0.39, 0.29) is 0 Å². The maximum absolute atomic E-state index is 6.13. The van der Waals surface area contributed by atoms with Crippen molar-refractivity contribution in [2.75, 3.05) is 6.61 Å². The zero-order chi connectivity index (χ0) is 15.8. The molecule has 118 valence electrons. The quantitative estimate of drug-likeness (QED) is 0.706. The summed E-state index contributed by atoms with van der Waals surface area (Å²) < 4.78 is 5.69. The van der Waals surface area contributed by atoms with Crippen molar-refractivity contribution in [2.24, 2.45) is 0 Å². The molecule has 1 atom stereocenters. The molecule has 0 saturated heterocycles. The van der Waals surface area contributed by atoms with Crippen LogP contribution < -0.4 is 10.1 Å². The SMILES string of the molecule is CCCC(NCc1cc(Cl)ccc1OCC)c1ccccc1. The molecule has 1 unspecified atom stereocenters. The van der Waals surface area contributed by atoms with E-state index in [9.17, 15) is 0 Å². The molecule has 0 bridgehead atoms. The number of hydrogen-bond donors (Lipinski definition) is 1. The normalized spacial score (nSPS) is 12.1. The molecule has 0 heterocycles. The molecular formula is C19H24ClNO. The molecule has 0 radical (unpaired) electrons. The Bertz CT molecular complexity index is 571. The fourth-order valence-electron chi connectivity index (χ4n) is 2.58. The molecule has 3 heteroatoms. The lowest BCUT2D eigenvalue weighted by Gasteiger charge is -2.20. The van der Waals surface area contributed by atoms with Crippen molar-refractivity contribution >= 4 is 11.6 Å². The Kier molecular flexibility index (Phi) is 6.75. The van der Waals surface area contributed by atoms with E-state index in [2.05, 4.69) is 42.6 Å². The fraction of sp³-hybridized carbons (Fsp3) is 0.368. The van der Waals surface area contributed by atoms with Crippen molar-refractivity contribution in [1.82, 2.24) is 5.32 Å². The summed E-state index contributed by atoms with van der Waals surface area (Å²) in [6.07, 6.45) is 2.25. The summed E-state index contributed by atoms with van der Waals surface area (Å²) in [6, 6.07) is 16.7. The molecule has 0 aliphatic rings. The monoisotopic (exact) mass is 317 g/mol. The van der Waals surface area contributed by atoms with Gasteiger partial charge in [-0.05, 0) is 37.1 Å². The number of nitrogens with one attached hydrogen (secondary N) is 1. The van der Waals surface area contributed by atoms with Crippen molar-refractivity contribution in [1.29, 1.82) is 0 Å². The number of ether oxygens (including phenoxy) is 1. The van der Waals surface area contributed by atoms with Crippen LogP contribution in [0.4, 0.5) is 0 Å². The van der Waals surface area contributed by atoms with Crippen molar-refractivity contribution in [3.05, 3.63) is 64.7 Å². The summed E-state index contributed by atoms with van der Waals surface area (Å²) >= 11 is 6.13. The molecule has 0 aliphatic heterocycles. The van der Waals surface area contributed by atoms with E-state index >= 15 is 0 Å². The minimum atomic E-state index is 0.347. The Morgan fingerprint density at radius 1 is 1.09 bits per heavy atom. The second kappa shape index (κ2) is 8.82. The third kappa shape index (κ3) is 4.75. The van der Waals surface area contributed by atoms with Crippen LogP contribution in [0.2, 0.25) is 5.02 Å². The van der Waals surface area contributed by atoms with E-state index in [0.717, 1.165) is 35.7 Å². The second-order valence-electron chi connectivity index (χ2n) is 5.32. The van der Waals surface area contributed by atoms with E-state index in [1.54, 1.807) is 0 Å². The predicted octanol–water partition coefficient (Wildman–Crippen LogP) is 5.37. The first-order valence-electron chi connectivity index (χ1n) is 7.94. The van der Waals surface area contributed by atoms with Crippen LogP contribution >= 0.6 is 11.6 Å². The lowest BCUT2D eigenvalue weighted by Crippen LogP contribution is -2.21. The first kappa shape index (κ1) is 16.9. The zero-order valence-corrected chi connectivity index (χ0v) is 14.1. The molecule has 0 saturated carbocycles. The van der Waals surface area contributed by atoms with Gasteiger partial charge in [0.1, 0.15) is 5.75 Å². The average molecular weight is 318 g/mol. The summed E-state index contributed by atoms with van der Waals surface area (Å²) in [5.41, 5.74) is 2.43. The van der Waals surface area contributed by atoms with Gasteiger partial charge >= 0.3 is 0 Å². The van der Waals surface area contributed by atoms with Crippen LogP contribution in [0.1, 0.15) is 43.9 Å². The van der Waals surface area contributed by atoms with Crippen LogP contribution in [0.5, 0.6) is 5.75 Å². The molecule has 2 aromatic carbocycles. The van der Waals surface area contributed by atoms with E-state index in [1.807, 2.05) is 25.1 Å². The Morgan fingerprint density at radius 2 is 1.86 bits per heavy atom. The van der Waals surface area contributed by atoms with Gasteiger partial charge in [0.2, 0.25) is 0 Å². The van der Waals surface area contributed by atoms with Crippen LogP contribution in [0.15, 0.2) is 48.5 Å². The third-order valence-corrected chi connectivity index (χ3v) is 3.88. The van der Waals surface area contributed by atoms with Gasteiger partial charge in [-0.15, -0.1) is 0 Å². The van der Waals surface area contributed by atoms with Crippen molar-refractivity contribution < 1.29 is 4.74 Å². The summed E-state index contributed by atoms with van der Waals surface area (Å²) in [6.45, 7) is 5.61. The van der Waals surface area contributed by atoms with Crippen molar-refractivity contribution in [3.8, 4) is 5.75 Å². The van der Waals surface area contributed by atoms with Gasteiger partial charge in [-0.1, -0.05) is 55.3 Å². The number of halogens is 1. The Morgan fingerprint density at radius 3 is 2.55 bits per heavy atom. The van der Waals surface area contributed by atoms with Gasteiger partial charge in [0.25, 0.3) is 0 Å². The van der Waals surface area contributed by atoms with Gasteiger partial charge in [-0.3, -0.25) is 0 Å². The molecule has 0 fully saturated rings. The molecule has 2 rings (SSSR count). The highest BCUT2D eigenvalue weighted by atomic mass is 35.5. The van der Waals surface area contributed by atoms with Gasteiger partial charge in [-0.25, -0.2) is 0 Å². The minimum absolute atomic E-state index is 0.347. The maximum atomic E-state index is 6.13. The molecule has 0 spiro atoms. The standard InChI is InChI=1S/C19H24ClNO/c1-3-8-18(15-9-6-5-7-10-15)21-14-16-13-17(20)11-12-19(16)22-4-2/h5-7,9-13,18,21H,3-4,8,14H2,1-2H3. The van der Waals surface area contributed by atoms with E-state index in [1.165, 1.54) is 5.56 Å². The Balaban J connectivity index is 2.11. The lowest BCUT2D eigenvalue weighted by atomic mass is 10.0. The van der Waals surface area contributed by atoms with Crippen LogP contribution in [0.25, 0.3) is 0 Å². The van der Waals surface area contributed by atoms with E-state index < -0.39 is 0 Å². The average Bonchev–Trinajstić information content (AvgIpc) is 2.54. The summed E-state index contributed by atoms with van der Waals surface area (Å²) in [5, 5.41) is 4.38. The van der Waals surface area contributed by atoms with Crippen LogP contribution in [0, 0.1) is 0 Å².